The van der Waals surface area contributed by atoms with Gasteiger partial charge in [0.15, 0.2) is 0 Å². The first kappa shape index (κ1) is 15.9. The number of halogens is 1. The molecule has 0 spiro atoms. The number of carbonyl (C=O) groups is 1. The first-order valence-electron chi connectivity index (χ1n) is 6.75. The Morgan fingerprint density at radius 3 is 2.52 bits per heavy atom. The Kier molecular flexibility index (Phi) is 6.15. The molecule has 2 rings (SSSR count). The molecule has 0 amide bonds. The van der Waals surface area contributed by atoms with Crippen molar-refractivity contribution < 1.29 is 9.53 Å². The van der Waals surface area contributed by atoms with Gasteiger partial charge in [-0.25, -0.2) is 0 Å². The third kappa shape index (κ3) is 4.80. The Balaban J connectivity index is 1.91. The lowest BCUT2D eigenvalue weighted by Crippen LogP contribution is -1.99. The van der Waals surface area contributed by atoms with Crippen LogP contribution in [0.5, 0.6) is 0 Å². The molecule has 110 valence electrons. The number of thioether (sulfide) groups is 1. The average molecular weight is 321 g/mol. The van der Waals surface area contributed by atoms with Crippen LogP contribution >= 0.6 is 23.4 Å². The fourth-order valence-corrected chi connectivity index (χ4v) is 3.03. The van der Waals surface area contributed by atoms with Crippen LogP contribution in [0.4, 0.5) is 0 Å². The van der Waals surface area contributed by atoms with E-state index < -0.39 is 0 Å². The fraction of sp³-hybridized carbons (Fsp3) is 0.235. The van der Waals surface area contributed by atoms with Gasteiger partial charge >= 0.3 is 5.97 Å². The largest absolute Gasteiger partial charge is 0.469 e. The first-order chi connectivity index (χ1) is 10.2. The highest BCUT2D eigenvalue weighted by atomic mass is 35.5. The minimum absolute atomic E-state index is 0.148. The zero-order valence-corrected chi connectivity index (χ0v) is 13.4. The van der Waals surface area contributed by atoms with Crippen molar-refractivity contribution in [3.63, 3.8) is 0 Å². The Morgan fingerprint density at radius 1 is 1.14 bits per heavy atom. The van der Waals surface area contributed by atoms with E-state index in [2.05, 4.69) is 29.0 Å². The summed E-state index contributed by atoms with van der Waals surface area (Å²) < 4.78 is 4.62. The van der Waals surface area contributed by atoms with E-state index in [1.807, 2.05) is 24.3 Å². The molecule has 2 nitrogen and oxygen atoms in total. The molecule has 2 aromatic carbocycles. The van der Waals surface area contributed by atoms with Gasteiger partial charge in [-0.15, -0.1) is 11.8 Å². The maximum atomic E-state index is 11.0. The van der Waals surface area contributed by atoms with Crippen LogP contribution in [0.25, 0.3) is 11.1 Å². The van der Waals surface area contributed by atoms with E-state index in [1.165, 1.54) is 12.0 Å². The van der Waals surface area contributed by atoms with Gasteiger partial charge in [-0.05, 0) is 35.9 Å². The number of rotatable bonds is 6. The lowest BCUT2D eigenvalue weighted by atomic mass is 10.1. The van der Waals surface area contributed by atoms with Crippen LogP contribution in [0.2, 0.25) is 5.02 Å². The molecule has 0 radical (unpaired) electrons. The number of ether oxygens (including phenoxy) is 1. The van der Waals surface area contributed by atoms with Gasteiger partial charge in [0, 0.05) is 21.9 Å². The molecule has 0 fully saturated rings. The first-order valence-corrected chi connectivity index (χ1v) is 8.11. The van der Waals surface area contributed by atoms with Gasteiger partial charge in [0.1, 0.15) is 0 Å². The van der Waals surface area contributed by atoms with E-state index in [1.54, 1.807) is 11.8 Å². The minimum atomic E-state index is -0.148. The smallest absolute Gasteiger partial charge is 0.305 e. The number of methoxy groups -OCH3 is 1. The van der Waals surface area contributed by atoms with Gasteiger partial charge in [-0.2, -0.15) is 0 Å². The summed E-state index contributed by atoms with van der Waals surface area (Å²) in [7, 11) is 1.42. The molecular formula is C17H17ClO2S. The van der Waals surface area contributed by atoms with Crippen molar-refractivity contribution in [3.8, 4) is 11.1 Å². The van der Waals surface area contributed by atoms with Crippen molar-refractivity contribution >= 4 is 29.3 Å². The number of hydrogen-bond donors (Lipinski definition) is 0. The predicted octanol–water partition coefficient (Wildman–Crippen LogP) is 5.05. The van der Waals surface area contributed by atoms with Crippen LogP contribution in [-0.2, 0) is 9.53 Å². The molecule has 0 saturated heterocycles. The second kappa shape index (κ2) is 8.11. The lowest BCUT2D eigenvalue weighted by Gasteiger charge is -2.06. The maximum absolute atomic E-state index is 11.0. The molecule has 0 N–H and O–H groups in total. The van der Waals surface area contributed by atoms with E-state index in [0.717, 1.165) is 28.3 Å². The van der Waals surface area contributed by atoms with Crippen molar-refractivity contribution in [3.05, 3.63) is 53.6 Å². The van der Waals surface area contributed by atoms with Crippen molar-refractivity contribution in [1.29, 1.82) is 0 Å². The summed E-state index contributed by atoms with van der Waals surface area (Å²) >= 11 is 7.94. The highest BCUT2D eigenvalue weighted by Crippen LogP contribution is 2.29. The zero-order chi connectivity index (χ0) is 15.1. The van der Waals surface area contributed by atoms with Crippen LogP contribution in [0.1, 0.15) is 12.8 Å². The molecule has 0 bridgehead atoms. The highest BCUT2D eigenvalue weighted by molar-refractivity contribution is 7.99. The molecule has 2 aromatic rings. The van der Waals surface area contributed by atoms with Crippen molar-refractivity contribution in [2.75, 3.05) is 12.9 Å². The van der Waals surface area contributed by atoms with Crippen molar-refractivity contribution in [1.82, 2.24) is 0 Å². The lowest BCUT2D eigenvalue weighted by molar-refractivity contribution is -0.140. The molecular weight excluding hydrogens is 304 g/mol. The van der Waals surface area contributed by atoms with Crippen molar-refractivity contribution in [2.45, 2.75) is 17.7 Å². The number of esters is 1. The topological polar surface area (TPSA) is 26.3 Å². The Labute approximate surface area is 134 Å². The summed E-state index contributed by atoms with van der Waals surface area (Å²) in [6, 6.07) is 16.1. The summed E-state index contributed by atoms with van der Waals surface area (Å²) in [5.74, 6) is 0.755. The fourth-order valence-electron chi connectivity index (χ4n) is 1.93. The van der Waals surface area contributed by atoms with E-state index >= 15 is 0 Å². The summed E-state index contributed by atoms with van der Waals surface area (Å²) in [6.45, 7) is 0. The molecule has 21 heavy (non-hydrogen) atoms. The average Bonchev–Trinajstić information content (AvgIpc) is 2.52. The normalized spacial score (nSPS) is 10.4. The zero-order valence-electron chi connectivity index (χ0n) is 11.8. The summed E-state index contributed by atoms with van der Waals surface area (Å²) in [6.07, 6.45) is 1.30. The molecule has 0 saturated carbocycles. The molecule has 0 atom stereocenters. The Hall–Kier alpha value is -1.45. The second-order valence-corrected chi connectivity index (χ2v) is 6.11. The molecule has 0 aliphatic carbocycles. The molecule has 0 aliphatic heterocycles. The van der Waals surface area contributed by atoms with Crippen molar-refractivity contribution in [2.24, 2.45) is 0 Å². The van der Waals surface area contributed by atoms with Gasteiger partial charge in [0.2, 0.25) is 0 Å². The maximum Gasteiger partial charge on any atom is 0.305 e. The SMILES string of the molecule is COC(=O)CCCSc1ccc(-c2ccccc2Cl)cc1. The van der Waals surface area contributed by atoms with E-state index in [9.17, 15) is 4.79 Å². The predicted molar refractivity (Wildman–Crippen MR) is 88.9 cm³/mol. The summed E-state index contributed by atoms with van der Waals surface area (Å²) in [4.78, 5) is 12.2. The summed E-state index contributed by atoms with van der Waals surface area (Å²) in [5, 5.41) is 0.760. The van der Waals surface area contributed by atoms with Crippen LogP contribution in [0.3, 0.4) is 0 Å². The second-order valence-electron chi connectivity index (χ2n) is 4.53. The molecule has 4 heteroatoms. The van der Waals surface area contributed by atoms with Crippen LogP contribution < -0.4 is 0 Å². The number of hydrogen-bond acceptors (Lipinski definition) is 3. The number of carbonyl (C=O) groups excluding carboxylic acids is 1. The van der Waals surface area contributed by atoms with E-state index in [4.69, 9.17) is 11.6 Å². The monoisotopic (exact) mass is 320 g/mol. The van der Waals surface area contributed by atoms with Crippen LogP contribution in [-0.4, -0.2) is 18.8 Å². The molecule has 0 aliphatic rings. The quantitative estimate of drug-likeness (QED) is 0.423. The molecule has 0 heterocycles. The third-order valence-electron chi connectivity index (χ3n) is 3.06. The Bertz CT molecular complexity index is 596. The van der Waals surface area contributed by atoms with Crippen LogP contribution in [0, 0.1) is 0 Å². The highest BCUT2D eigenvalue weighted by Gasteiger charge is 2.03. The van der Waals surface area contributed by atoms with Crippen LogP contribution in [0.15, 0.2) is 53.4 Å². The standard InChI is InChI=1S/C17H17ClO2S/c1-20-17(19)7-4-12-21-14-10-8-13(9-11-14)15-5-2-3-6-16(15)18/h2-3,5-6,8-11H,4,7,12H2,1H3. The molecule has 0 aromatic heterocycles. The minimum Gasteiger partial charge on any atom is -0.469 e. The van der Waals surface area contributed by atoms with Gasteiger partial charge < -0.3 is 4.74 Å². The summed E-state index contributed by atoms with van der Waals surface area (Å²) in [5.41, 5.74) is 2.15. The van der Waals surface area contributed by atoms with Gasteiger partial charge in [-0.1, -0.05) is 41.9 Å². The van der Waals surface area contributed by atoms with Gasteiger partial charge in [0.25, 0.3) is 0 Å². The third-order valence-corrected chi connectivity index (χ3v) is 4.49. The van der Waals surface area contributed by atoms with Gasteiger partial charge in [-0.3, -0.25) is 4.79 Å². The Morgan fingerprint density at radius 2 is 1.86 bits per heavy atom. The van der Waals surface area contributed by atoms with Gasteiger partial charge in [0.05, 0.1) is 7.11 Å². The van der Waals surface area contributed by atoms with E-state index in [-0.39, 0.29) is 5.97 Å². The molecule has 0 unspecified atom stereocenters. The number of benzene rings is 2. The van der Waals surface area contributed by atoms with E-state index in [0.29, 0.717) is 6.42 Å².